The molecule has 4 heteroatoms. The third kappa shape index (κ3) is 4.69. The standard InChI is InChI=1S/C25H39N3O/c1-20(2)26-13-9-23(10-14-26)27-15-11-25(12-16-27)18-24(28(19-25)21(3)29)17-22-7-5-4-6-8-22/h4-8,20,23-24H,9-19H2,1-3H3. The predicted octanol–water partition coefficient (Wildman–Crippen LogP) is 3.80. The first kappa shape index (κ1) is 20.9. The number of benzene rings is 1. The largest absolute Gasteiger partial charge is 0.339 e. The van der Waals surface area contributed by atoms with Crippen LogP contribution in [0.2, 0.25) is 0 Å². The first-order chi connectivity index (χ1) is 14.0. The first-order valence-corrected chi connectivity index (χ1v) is 11.7. The molecule has 3 heterocycles. The van der Waals surface area contributed by atoms with Crippen LogP contribution in [0.4, 0.5) is 0 Å². The van der Waals surface area contributed by atoms with E-state index in [1.165, 1.54) is 63.8 Å². The van der Waals surface area contributed by atoms with Gasteiger partial charge >= 0.3 is 0 Å². The zero-order valence-electron chi connectivity index (χ0n) is 18.6. The summed E-state index contributed by atoms with van der Waals surface area (Å²) in [5.74, 6) is 0.256. The third-order valence-corrected chi connectivity index (χ3v) is 7.94. The lowest BCUT2D eigenvalue weighted by atomic mass is 9.75. The van der Waals surface area contributed by atoms with E-state index in [1.54, 1.807) is 6.92 Å². The fraction of sp³-hybridized carbons (Fsp3) is 0.720. The maximum Gasteiger partial charge on any atom is 0.219 e. The van der Waals surface area contributed by atoms with Gasteiger partial charge in [-0.3, -0.25) is 4.79 Å². The fourth-order valence-corrected chi connectivity index (χ4v) is 6.10. The number of amides is 1. The minimum absolute atomic E-state index is 0.256. The van der Waals surface area contributed by atoms with Gasteiger partial charge in [0.1, 0.15) is 0 Å². The van der Waals surface area contributed by atoms with Gasteiger partial charge in [0.25, 0.3) is 0 Å². The van der Waals surface area contributed by atoms with E-state index in [0.717, 1.165) is 19.0 Å². The second-order valence-corrected chi connectivity index (χ2v) is 10.1. The summed E-state index contributed by atoms with van der Waals surface area (Å²) in [6.45, 7) is 12.3. The average Bonchev–Trinajstić information content (AvgIpc) is 3.07. The summed E-state index contributed by atoms with van der Waals surface area (Å²) in [6.07, 6.45) is 7.34. The van der Waals surface area contributed by atoms with Crippen LogP contribution in [-0.2, 0) is 11.2 Å². The monoisotopic (exact) mass is 397 g/mol. The van der Waals surface area contributed by atoms with Crippen molar-refractivity contribution >= 4 is 5.91 Å². The van der Waals surface area contributed by atoms with Crippen molar-refractivity contribution in [1.82, 2.24) is 14.7 Å². The Labute approximate surface area is 177 Å². The van der Waals surface area contributed by atoms with Crippen molar-refractivity contribution in [2.24, 2.45) is 5.41 Å². The Bertz CT molecular complexity index is 673. The highest BCUT2D eigenvalue weighted by Gasteiger charge is 2.47. The Balaban J connectivity index is 1.35. The van der Waals surface area contributed by atoms with Crippen LogP contribution in [-0.4, -0.2) is 71.5 Å². The van der Waals surface area contributed by atoms with Gasteiger partial charge in [-0.2, -0.15) is 0 Å². The lowest BCUT2D eigenvalue weighted by Gasteiger charge is -2.45. The van der Waals surface area contributed by atoms with Crippen LogP contribution < -0.4 is 0 Å². The van der Waals surface area contributed by atoms with Crippen LogP contribution in [0.15, 0.2) is 30.3 Å². The van der Waals surface area contributed by atoms with E-state index in [2.05, 4.69) is 58.9 Å². The topological polar surface area (TPSA) is 26.8 Å². The summed E-state index contributed by atoms with van der Waals surface area (Å²) in [5, 5.41) is 0. The molecule has 0 radical (unpaired) electrons. The van der Waals surface area contributed by atoms with E-state index in [-0.39, 0.29) is 5.91 Å². The van der Waals surface area contributed by atoms with Gasteiger partial charge in [-0.25, -0.2) is 0 Å². The predicted molar refractivity (Wildman–Crippen MR) is 119 cm³/mol. The molecule has 1 aromatic carbocycles. The molecule has 3 saturated heterocycles. The molecule has 4 nitrogen and oxygen atoms in total. The molecule has 1 spiro atoms. The number of likely N-dealkylation sites (tertiary alicyclic amines) is 3. The number of carbonyl (C=O) groups is 1. The summed E-state index contributed by atoms with van der Waals surface area (Å²) in [6, 6.07) is 12.5. The minimum Gasteiger partial charge on any atom is -0.339 e. The Kier molecular flexibility index (Phi) is 6.31. The molecule has 3 fully saturated rings. The molecule has 0 aromatic heterocycles. The summed E-state index contributed by atoms with van der Waals surface area (Å²) >= 11 is 0. The number of hydrogen-bond acceptors (Lipinski definition) is 3. The van der Waals surface area contributed by atoms with E-state index >= 15 is 0 Å². The highest BCUT2D eigenvalue weighted by molar-refractivity contribution is 5.74. The molecular weight excluding hydrogens is 358 g/mol. The van der Waals surface area contributed by atoms with Crippen molar-refractivity contribution in [3.63, 3.8) is 0 Å². The molecule has 1 aromatic rings. The lowest BCUT2D eigenvalue weighted by molar-refractivity contribution is -0.130. The second kappa shape index (κ2) is 8.77. The van der Waals surface area contributed by atoms with E-state index in [9.17, 15) is 4.79 Å². The van der Waals surface area contributed by atoms with E-state index in [1.807, 2.05) is 0 Å². The molecule has 1 amide bonds. The second-order valence-electron chi connectivity index (χ2n) is 10.1. The zero-order valence-corrected chi connectivity index (χ0v) is 18.6. The van der Waals surface area contributed by atoms with Crippen LogP contribution in [0.3, 0.4) is 0 Å². The van der Waals surface area contributed by atoms with Crippen molar-refractivity contribution in [1.29, 1.82) is 0 Å². The Morgan fingerprint density at radius 2 is 1.72 bits per heavy atom. The van der Waals surface area contributed by atoms with Gasteiger partial charge in [0.2, 0.25) is 5.91 Å². The zero-order chi connectivity index (χ0) is 20.4. The van der Waals surface area contributed by atoms with Gasteiger partial charge in [0.15, 0.2) is 0 Å². The molecule has 1 unspecified atom stereocenters. The molecule has 0 saturated carbocycles. The van der Waals surface area contributed by atoms with Crippen LogP contribution in [0.1, 0.15) is 58.4 Å². The van der Waals surface area contributed by atoms with Gasteiger partial charge in [-0.05, 0) is 89.5 Å². The normalized spacial score (nSPS) is 26.5. The molecule has 160 valence electrons. The maximum absolute atomic E-state index is 12.4. The van der Waals surface area contributed by atoms with Crippen molar-refractivity contribution in [2.75, 3.05) is 32.7 Å². The highest BCUT2D eigenvalue weighted by atomic mass is 16.2. The first-order valence-electron chi connectivity index (χ1n) is 11.7. The molecule has 1 atom stereocenters. The molecule has 3 aliphatic rings. The number of piperidine rings is 2. The number of rotatable bonds is 4. The molecule has 0 aliphatic carbocycles. The Hall–Kier alpha value is -1.39. The van der Waals surface area contributed by atoms with Crippen LogP contribution in [0, 0.1) is 5.41 Å². The molecule has 29 heavy (non-hydrogen) atoms. The van der Waals surface area contributed by atoms with Crippen molar-refractivity contribution in [3.05, 3.63) is 35.9 Å². The SMILES string of the molecule is CC(=O)N1CC2(CCN(C3CCN(C(C)C)CC3)CC2)CC1Cc1ccccc1. The van der Waals surface area contributed by atoms with Gasteiger partial charge in [0.05, 0.1) is 0 Å². The molecule has 0 N–H and O–H groups in total. The highest BCUT2D eigenvalue weighted by Crippen LogP contribution is 2.45. The van der Waals surface area contributed by atoms with Gasteiger partial charge in [0, 0.05) is 31.6 Å². The molecule has 3 aliphatic heterocycles. The summed E-state index contributed by atoms with van der Waals surface area (Å²) in [5.41, 5.74) is 1.70. The smallest absolute Gasteiger partial charge is 0.219 e. The number of hydrogen-bond donors (Lipinski definition) is 0. The van der Waals surface area contributed by atoms with Gasteiger partial charge in [-0.15, -0.1) is 0 Å². The number of carbonyl (C=O) groups excluding carboxylic acids is 1. The Morgan fingerprint density at radius 3 is 2.31 bits per heavy atom. The molecule has 0 bridgehead atoms. The van der Waals surface area contributed by atoms with Gasteiger partial charge in [-0.1, -0.05) is 30.3 Å². The maximum atomic E-state index is 12.4. The number of nitrogens with zero attached hydrogens (tertiary/aromatic N) is 3. The fourth-order valence-electron chi connectivity index (χ4n) is 6.10. The van der Waals surface area contributed by atoms with Crippen LogP contribution >= 0.6 is 0 Å². The van der Waals surface area contributed by atoms with Crippen molar-refractivity contribution < 1.29 is 4.79 Å². The average molecular weight is 398 g/mol. The van der Waals surface area contributed by atoms with Crippen molar-refractivity contribution in [2.45, 2.75) is 77.4 Å². The van der Waals surface area contributed by atoms with Gasteiger partial charge < -0.3 is 14.7 Å². The lowest BCUT2D eigenvalue weighted by Crippen LogP contribution is -2.51. The molecular formula is C25H39N3O. The van der Waals surface area contributed by atoms with E-state index < -0.39 is 0 Å². The summed E-state index contributed by atoms with van der Waals surface area (Å²) in [7, 11) is 0. The van der Waals surface area contributed by atoms with E-state index in [4.69, 9.17) is 0 Å². The minimum atomic E-state index is 0.256. The third-order valence-electron chi connectivity index (χ3n) is 7.94. The molecule has 4 rings (SSSR count). The summed E-state index contributed by atoms with van der Waals surface area (Å²) < 4.78 is 0. The summed E-state index contributed by atoms with van der Waals surface area (Å²) in [4.78, 5) is 20.0. The van der Waals surface area contributed by atoms with Crippen LogP contribution in [0.25, 0.3) is 0 Å². The van der Waals surface area contributed by atoms with Crippen molar-refractivity contribution in [3.8, 4) is 0 Å². The van der Waals surface area contributed by atoms with E-state index in [0.29, 0.717) is 17.5 Å². The van der Waals surface area contributed by atoms with Crippen LogP contribution in [0.5, 0.6) is 0 Å². The quantitative estimate of drug-likeness (QED) is 0.773. The Morgan fingerprint density at radius 1 is 1.07 bits per heavy atom.